The highest BCUT2D eigenvalue weighted by molar-refractivity contribution is 5.91. The van der Waals surface area contributed by atoms with Crippen LogP contribution < -0.4 is 10.1 Å². The van der Waals surface area contributed by atoms with E-state index in [-0.39, 0.29) is 18.6 Å². The van der Waals surface area contributed by atoms with Crippen LogP contribution in [0.25, 0.3) is 0 Å². The molecule has 0 spiro atoms. The first-order valence-electron chi connectivity index (χ1n) is 9.67. The lowest BCUT2D eigenvalue weighted by molar-refractivity contribution is -0.118. The number of nitrogens with zero attached hydrogens (tertiary/aromatic N) is 2. The summed E-state index contributed by atoms with van der Waals surface area (Å²) in [6.45, 7) is 10.2. The third-order valence-electron chi connectivity index (χ3n) is 4.76. The van der Waals surface area contributed by atoms with Crippen LogP contribution in [0.5, 0.6) is 5.75 Å². The van der Waals surface area contributed by atoms with E-state index in [9.17, 15) is 9.59 Å². The van der Waals surface area contributed by atoms with Gasteiger partial charge in [-0.15, -0.1) is 0 Å². The van der Waals surface area contributed by atoms with Crippen LogP contribution in [0.15, 0.2) is 18.2 Å². The Labute approximate surface area is 170 Å². The molecule has 2 aromatic rings. The highest BCUT2D eigenvalue weighted by Crippen LogP contribution is 2.25. The molecule has 1 aliphatic rings. The van der Waals surface area contributed by atoms with Crippen molar-refractivity contribution in [3.8, 4) is 5.75 Å². The molecule has 29 heavy (non-hydrogen) atoms. The van der Waals surface area contributed by atoms with Crippen LogP contribution in [0.4, 0.5) is 10.6 Å². The van der Waals surface area contributed by atoms with Gasteiger partial charge >= 0.3 is 6.09 Å². The molecule has 2 amide bonds. The molecule has 0 bridgehead atoms. The molecule has 1 aromatic heterocycles. The minimum absolute atomic E-state index is 0.101. The minimum Gasteiger partial charge on any atom is -0.483 e. The lowest BCUT2D eigenvalue weighted by Gasteiger charge is -2.29. The summed E-state index contributed by atoms with van der Waals surface area (Å²) in [5, 5.41) is 9.91. The third-order valence-corrected chi connectivity index (χ3v) is 4.76. The lowest BCUT2D eigenvalue weighted by atomic mass is 10.1. The number of amides is 2. The molecule has 0 fully saturated rings. The van der Waals surface area contributed by atoms with Crippen molar-refractivity contribution in [2.45, 2.75) is 53.2 Å². The molecule has 8 heteroatoms. The number of H-pyrrole nitrogens is 1. The molecule has 0 saturated heterocycles. The first-order chi connectivity index (χ1) is 13.6. The second-order valence-corrected chi connectivity index (χ2v) is 8.22. The lowest BCUT2D eigenvalue weighted by Crippen LogP contribution is -2.40. The topological polar surface area (TPSA) is 96.5 Å². The molecule has 3 rings (SSSR count). The number of carbonyl (C=O) groups is 2. The van der Waals surface area contributed by atoms with Gasteiger partial charge in [0.2, 0.25) is 0 Å². The molecule has 0 saturated carbocycles. The number of ether oxygens (including phenoxy) is 2. The van der Waals surface area contributed by atoms with Gasteiger partial charge in [-0.2, -0.15) is 5.10 Å². The van der Waals surface area contributed by atoms with Crippen molar-refractivity contribution in [3.63, 3.8) is 0 Å². The van der Waals surface area contributed by atoms with Crippen molar-refractivity contribution in [2.75, 3.05) is 18.5 Å². The van der Waals surface area contributed by atoms with Crippen LogP contribution in [-0.2, 0) is 22.5 Å². The van der Waals surface area contributed by atoms with E-state index in [0.29, 0.717) is 31.1 Å². The summed E-state index contributed by atoms with van der Waals surface area (Å²) in [7, 11) is 0. The van der Waals surface area contributed by atoms with Crippen LogP contribution in [0.1, 0.15) is 43.2 Å². The zero-order valence-corrected chi connectivity index (χ0v) is 17.6. The maximum atomic E-state index is 12.3. The van der Waals surface area contributed by atoms with Crippen LogP contribution in [-0.4, -0.2) is 45.9 Å². The van der Waals surface area contributed by atoms with Gasteiger partial charge in [0, 0.05) is 12.1 Å². The zero-order valence-electron chi connectivity index (χ0n) is 17.6. The highest BCUT2D eigenvalue weighted by atomic mass is 16.6. The Balaban J connectivity index is 1.58. The third kappa shape index (κ3) is 5.07. The number of fused-ring (bicyclic) bond motifs is 1. The van der Waals surface area contributed by atoms with Gasteiger partial charge < -0.3 is 19.7 Å². The number of aryl methyl sites for hydroxylation is 1. The molecule has 1 aromatic carbocycles. The fraction of sp³-hybridized carbons (Fsp3) is 0.476. The molecule has 156 valence electrons. The van der Waals surface area contributed by atoms with Gasteiger partial charge in [0.05, 0.1) is 12.2 Å². The van der Waals surface area contributed by atoms with Crippen LogP contribution in [0, 0.1) is 13.8 Å². The van der Waals surface area contributed by atoms with E-state index in [2.05, 4.69) is 15.5 Å². The fourth-order valence-electron chi connectivity index (χ4n) is 3.10. The standard InChI is InChI=1S/C21H28N4O4/c1-13-7-6-8-17(14(13)2)28-12-18(26)22-19-15-9-10-25(11-16(15)23-24-19)20(27)29-21(3,4)5/h6-8H,9-12H2,1-5H3,(H2,22,23,24,26). The number of aromatic amines is 1. The van der Waals surface area contributed by atoms with Gasteiger partial charge in [-0.3, -0.25) is 9.89 Å². The quantitative estimate of drug-likeness (QED) is 0.821. The maximum absolute atomic E-state index is 12.3. The zero-order chi connectivity index (χ0) is 21.2. The van der Waals surface area contributed by atoms with E-state index in [0.717, 1.165) is 22.4 Å². The summed E-state index contributed by atoms with van der Waals surface area (Å²) in [6.07, 6.45) is 0.226. The predicted molar refractivity (Wildman–Crippen MR) is 109 cm³/mol. The second kappa shape index (κ2) is 8.14. The Morgan fingerprint density at radius 1 is 1.28 bits per heavy atom. The molecule has 2 N–H and O–H groups in total. The fourth-order valence-corrected chi connectivity index (χ4v) is 3.10. The number of carbonyl (C=O) groups excluding carboxylic acids is 2. The van der Waals surface area contributed by atoms with E-state index in [1.54, 1.807) is 4.90 Å². The van der Waals surface area contributed by atoms with Crippen LogP contribution in [0.3, 0.4) is 0 Å². The highest BCUT2D eigenvalue weighted by Gasteiger charge is 2.28. The monoisotopic (exact) mass is 400 g/mol. The van der Waals surface area contributed by atoms with Crippen molar-refractivity contribution in [3.05, 3.63) is 40.6 Å². The van der Waals surface area contributed by atoms with Gasteiger partial charge in [-0.25, -0.2) is 4.79 Å². The Hall–Kier alpha value is -3.03. The van der Waals surface area contributed by atoms with Gasteiger partial charge in [0.25, 0.3) is 5.91 Å². The molecule has 8 nitrogen and oxygen atoms in total. The number of benzene rings is 1. The van der Waals surface area contributed by atoms with Crippen molar-refractivity contribution in [2.24, 2.45) is 0 Å². The molecule has 1 aliphatic heterocycles. The van der Waals surface area contributed by atoms with E-state index in [1.165, 1.54) is 0 Å². The maximum Gasteiger partial charge on any atom is 0.410 e. The SMILES string of the molecule is Cc1cccc(OCC(=O)Nc2n[nH]c3c2CCN(C(=O)OC(C)(C)C)C3)c1C. The van der Waals surface area contributed by atoms with Crippen molar-refractivity contribution >= 4 is 17.8 Å². The molecular weight excluding hydrogens is 372 g/mol. The average molecular weight is 400 g/mol. The van der Waals surface area contributed by atoms with E-state index in [1.807, 2.05) is 52.8 Å². The second-order valence-electron chi connectivity index (χ2n) is 8.22. The van der Waals surface area contributed by atoms with Gasteiger partial charge in [-0.1, -0.05) is 12.1 Å². The summed E-state index contributed by atoms with van der Waals surface area (Å²) in [4.78, 5) is 26.2. The smallest absolute Gasteiger partial charge is 0.410 e. The number of rotatable bonds is 4. The number of hydrogen-bond acceptors (Lipinski definition) is 5. The van der Waals surface area contributed by atoms with Crippen molar-refractivity contribution in [1.29, 1.82) is 0 Å². The summed E-state index contributed by atoms with van der Waals surface area (Å²) >= 11 is 0. The number of hydrogen-bond donors (Lipinski definition) is 2. The molecule has 0 unspecified atom stereocenters. The Bertz CT molecular complexity index is 914. The van der Waals surface area contributed by atoms with Crippen LogP contribution >= 0.6 is 0 Å². The molecule has 0 atom stereocenters. The van der Waals surface area contributed by atoms with Crippen molar-refractivity contribution < 1.29 is 19.1 Å². The van der Waals surface area contributed by atoms with E-state index >= 15 is 0 Å². The molecular formula is C21H28N4O4. The van der Waals surface area contributed by atoms with Gasteiger partial charge in [-0.05, 0) is 58.2 Å². The Morgan fingerprint density at radius 2 is 2.03 bits per heavy atom. The summed E-state index contributed by atoms with van der Waals surface area (Å²) in [5.41, 5.74) is 3.29. The molecule has 2 heterocycles. The Kier molecular flexibility index (Phi) is 5.81. The number of aromatic nitrogens is 2. The van der Waals surface area contributed by atoms with Crippen molar-refractivity contribution in [1.82, 2.24) is 15.1 Å². The summed E-state index contributed by atoms with van der Waals surface area (Å²) in [5.74, 6) is 0.894. The van der Waals surface area contributed by atoms with E-state index < -0.39 is 5.60 Å². The average Bonchev–Trinajstić information content (AvgIpc) is 3.03. The first kappa shape index (κ1) is 20.7. The summed E-state index contributed by atoms with van der Waals surface area (Å²) in [6, 6.07) is 5.74. The minimum atomic E-state index is -0.542. The van der Waals surface area contributed by atoms with E-state index in [4.69, 9.17) is 9.47 Å². The van der Waals surface area contributed by atoms with Gasteiger partial charge in [0.15, 0.2) is 12.4 Å². The normalized spacial score (nSPS) is 13.6. The Morgan fingerprint density at radius 3 is 2.76 bits per heavy atom. The molecule has 0 radical (unpaired) electrons. The number of nitrogens with one attached hydrogen (secondary N) is 2. The predicted octanol–water partition coefficient (Wildman–Crippen LogP) is 3.34. The number of anilines is 1. The molecule has 0 aliphatic carbocycles. The first-order valence-corrected chi connectivity index (χ1v) is 9.67. The van der Waals surface area contributed by atoms with Gasteiger partial charge in [0.1, 0.15) is 11.4 Å². The largest absolute Gasteiger partial charge is 0.483 e. The van der Waals surface area contributed by atoms with Crippen LogP contribution in [0.2, 0.25) is 0 Å². The summed E-state index contributed by atoms with van der Waals surface area (Å²) < 4.78 is 11.1.